The van der Waals surface area contributed by atoms with Crippen LogP contribution in [0.25, 0.3) is 11.0 Å². The lowest BCUT2D eigenvalue weighted by Crippen LogP contribution is -2.31. The molecule has 0 spiro atoms. The van der Waals surface area contributed by atoms with Crippen LogP contribution in [-0.2, 0) is 13.2 Å². The van der Waals surface area contributed by atoms with Crippen LogP contribution in [0.5, 0.6) is 11.5 Å². The average Bonchev–Trinajstić information content (AvgIpc) is 3.30. The molecule has 200 valence electrons. The predicted molar refractivity (Wildman–Crippen MR) is 151 cm³/mol. The van der Waals surface area contributed by atoms with Gasteiger partial charge in [0.05, 0.1) is 12.1 Å². The lowest BCUT2D eigenvalue weighted by molar-refractivity contribution is 0.205. The molecule has 5 rings (SSSR count). The van der Waals surface area contributed by atoms with Crippen molar-refractivity contribution < 1.29 is 9.47 Å². The predicted octanol–water partition coefficient (Wildman–Crippen LogP) is 6.30. The maximum absolute atomic E-state index is 6.29. The van der Waals surface area contributed by atoms with Crippen LogP contribution in [-0.4, -0.2) is 53.8 Å². The number of rotatable bonds is 12. The van der Waals surface area contributed by atoms with Gasteiger partial charge in [0, 0.05) is 18.1 Å². The van der Waals surface area contributed by atoms with Crippen LogP contribution in [0.4, 0.5) is 0 Å². The molecule has 6 nitrogen and oxygen atoms in total. The van der Waals surface area contributed by atoms with Gasteiger partial charge in [-0.15, -0.1) is 0 Å². The molecule has 1 aromatic heterocycles. The van der Waals surface area contributed by atoms with Gasteiger partial charge in [-0.05, 0) is 113 Å². The zero-order valence-corrected chi connectivity index (χ0v) is 22.7. The van der Waals surface area contributed by atoms with Gasteiger partial charge < -0.3 is 24.3 Å². The number of aryl methyl sites for hydroxylation is 1. The Morgan fingerprint density at radius 1 is 0.919 bits per heavy atom. The Morgan fingerprint density at radius 2 is 1.73 bits per heavy atom. The van der Waals surface area contributed by atoms with E-state index in [1.807, 2.05) is 24.3 Å². The van der Waals surface area contributed by atoms with Crippen molar-refractivity contribution in [1.29, 1.82) is 0 Å². The third-order valence-corrected chi connectivity index (χ3v) is 8.03. The monoisotopic (exact) mass is 524 g/mol. The summed E-state index contributed by atoms with van der Waals surface area (Å²) in [6.45, 7) is 7.95. The molecule has 7 heteroatoms. The lowest BCUT2D eigenvalue weighted by Gasteiger charge is -2.26. The van der Waals surface area contributed by atoms with Crippen LogP contribution in [0.15, 0.2) is 42.5 Å². The van der Waals surface area contributed by atoms with Gasteiger partial charge in [0.25, 0.3) is 0 Å². The average molecular weight is 525 g/mol. The molecule has 0 bridgehead atoms. The summed E-state index contributed by atoms with van der Waals surface area (Å²) in [6.07, 6.45) is 10.0. The molecule has 0 radical (unpaired) electrons. The van der Waals surface area contributed by atoms with E-state index in [0.29, 0.717) is 11.6 Å². The van der Waals surface area contributed by atoms with Crippen LogP contribution in [0, 0.1) is 5.92 Å². The van der Waals surface area contributed by atoms with Crippen molar-refractivity contribution in [3.05, 3.63) is 53.3 Å². The number of likely N-dealkylation sites (tertiary alicyclic amines) is 1. The summed E-state index contributed by atoms with van der Waals surface area (Å²) in [6, 6.07) is 13.8. The van der Waals surface area contributed by atoms with Crippen molar-refractivity contribution in [2.75, 3.05) is 39.3 Å². The zero-order valence-electron chi connectivity index (χ0n) is 22.0. The lowest BCUT2D eigenvalue weighted by atomic mass is 9.93. The number of piperidine rings is 2. The van der Waals surface area contributed by atoms with E-state index in [2.05, 4.69) is 33.0 Å². The molecule has 3 aromatic rings. The molecule has 2 saturated heterocycles. The first-order valence-corrected chi connectivity index (χ1v) is 14.6. The number of hydrogen-bond acceptors (Lipinski definition) is 5. The zero-order chi connectivity index (χ0) is 25.3. The summed E-state index contributed by atoms with van der Waals surface area (Å²) in [7, 11) is 0. The molecule has 0 atom stereocenters. The van der Waals surface area contributed by atoms with Crippen molar-refractivity contribution in [1.82, 2.24) is 19.8 Å². The maximum atomic E-state index is 6.29. The van der Waals surface area contributed by atoms with Crippen molar-refractivity contribution in [3.63, 3.8) is 0 Å². The largest absolute Gasteiger partial charge is 0.491 e. The van der Waals surface area contributed by atoms with Crippen LogP contribution >= 0.6 is 11.6 Å². The second kappa shape index (κ2) is 13.5. The van der Waals surface area contributed by atoms with E-state index >= 15 is 0 Å². The second-order valence-corrected chi connectivity index (χ2v) is 10.9. The Balaban J connectivity index is 1.27. The van der Waals surface area contributed by atoms with Gasteiger partial charge in [0.15, 0.2) is 0 Å². The molecule has 2 aromatic carbocycles. The van der Waals surface area contributed by atoms with Crippen LogP contribution in [0.1, 0.15) is 57.2 Å². The summed E-state index contributed by atoms with van der Waals surface area (Å²) in [5.74, 6) is 3.44. The number of nitrogens with zero attached hydrogens (tertiary/aromatic N) is 3. The fourth-order valence-corrected chi connectivity index (χ4v) is 5.81. The first kappa shape index (κ1) is 26.3. The minimum atomic E-state index is 0.415. The van der Waals surface area contributed by atoms with Crippen LogP contribution < -0.4 is 14.8 Å². The smallest absolute Gasteiger partial charge is 0.148 e. The standard InChI is InChI=1S/C30H41ClN4O2/c31-25-10-12-26(13-11-25)37-23-29-33-30-27(35(29)21-5-7-24-14-16-32-17-15-24)8-4-9-28(30)36-22-6-20-34-18-2-1-3-19-34/h4,8-13,24,32H,1-3,5-7,14-23H2. The highest BCUT2D eigenvalue weighted by Crippen LogP contribution is 2.28. The van der Waals surface area contributed by atoms with Crippen molar-refractivity contribution in [2.45, 2.75) is 64.5 Å². The molecule has 0 aliphatic carbocycles. The number of imidazole rings is 1. The molecule has 2 fully saturated rings. The number of halogens is 1. The number of benzene rings is 2. The molecular formula is C30H41ClN4O2. The molecule has 0 amide bonds. The number of aromatic nitrogens is 2. The number of nitrogens with one attached hydrogen (secondary N) is 1. The molecule has 2 aliphatic heterocycles. The van der Waals surface area contributed by atoms with Crippen molar-refractivity contribution in [3.8, 4) is 11.5 Å². The van der Waals surface area contributed by atoms with E-state index in [9.17, 15) is 0 Å². The quantitative estimate of drug-likeness (QED) is 0.282. The molecule has 0 saturated carbocycles. The van der Waals surface area contributed by atoms with Gasteiger partial charge in [-0.1, -0.05) is 24.1 Å². The van der Waals surface area contributed by atoms with E-state index in [-0.39, 0.29) is 0 Å². The van der Waals surface area contributed by atoms with Gasteiger partial charge in [-0.25, -0.2) is 4.98 Å². The minimum absolute atomic E-state index is 0.415. The Bertz CT molecular complexity index is 1100. The van der Waals surface area contributed by atoms with Crippen LogP contribution in [0.2, 0.25) is 5.02 Å². The molecule has 1 N–H and O–H groups in total. The fourth-order valence-electron chi connectivity index (χ4n) is 5.69. The highest BCUT2D eigenvalue weighted by molar-refractivity contribution is 6.30. The number of ether oxygens (including phenoxy) is 2. The van der Waals surface area contributed by atoms with E-state index in [4.69, 9.17) is 26.1 Å². The van der Waals surface area contributed by atoms with Gasteiger partial charge in [0.2, 0.25) is 0 Å². The normalized spacial score (nSPS) is 17.3. The Hall–Kier alpha value is -2.28. The number of para-hydroxylation sites is 1. The maximum Gasteiger partial charge on any atom is 0.148 e. The highest BCUT2D eigenvalue weighted by atomic mass is 35.5. The van der Waals surface area contributed by atoms with Crippen molar-refractivity contribution in [2.24, 2.45) is 5.92 Å². The van der Waals surface area contributed by atoms with Gasteiger partial charge in [-0.2, -0.15) is 0 Å². The summed E-state index contributed by atoms with van der Waals surface area (Å²) in [5, 5.41) is 4.18. The Kier molecular flexibility index (Phi) is 9.60. The summed E-state index contributed by atoms with van der Waals surface area (Å²) in [4.78, 5) is 7.61. The van der Waals surface area contributed by atoms with Gasteiger partial charge in [-0.3, -0.25) is 0 Å². The van der Waals surface area contributed by atoms with Gasteiger partial charge in [0.1, 0.15) is 29.4 Å². The third kappa shape index (κ3) is 7.40. The van der Waals surface area contributed by atoms with E-state index < -0.39 is 0 Å². The topological polar surface area (TPSA) is 51.6 Å². The second-order valence-electron chi connectivity index (χ2n) is 10.5. The van der Waals surface area contributed by atoms with E-state index in [1.165, 1.54) is 51.6 Å². The third-order valence-electron chi connectivity index (χ3n) is 7.78. The summed E-state index contributed by atoms with van der Waals surface area (Å²) < 4.78 is 14.8. The molecule has 2 aliphatic rings. The highest BCUT2D eigenvalue weighted by Gasteiger charge is 2.17. The summed E-state index contributed by atoms with van der Waals surface area (Å²) in [5.41, 5.74) is 2.07. The fraction of sp³-hybridized carbons (Fsp3) is 0.567. The Labute approximate surface area is 226 Å². The SMILES string of the molecule is Clc1ccc(OCc2nc3c(OCCCN4CCCCC4)cccc3n2CCCC2CCNCC2)cc1. The molecule has 0 unspecified atom stereocenters. The molecular weight excluding hydrogens is 484 g/mol. The van der Waals surface area contributed by atoms with Gasteiger partial charge >= 0.3 is 0 Å². The van der Waals surface area contributed by atoms with E-state index in [1.54, 1.807) is 0 Å². The Morgan fingerprint density at radius 3 is 2.54 bits per heavy atom. The first-order valence-electron chi connectivity index (χ1n) is 14.2. The van der Waals surface area contributed by atoms with Crippen molar-refractivity contribution >= 4 is 22.6 Å². The minimum Gasteiger partial charge on any atom is -0.491 e. The van der Waals surface area contributed by atoms with Crippen LogP contribution in [0.3, 0.4) is 0 Å². The summed E-state index contributed by atoms with van der Waals surface area (Å²) >= 11 is 6.05. The van der Waals surface area contributed by atoms with E-state index in [0.717, 1.165) is 79.9 Å². The molecule has 37 heavy (non-hydrogen) atoms. The first-order chi connectivity index (χ1) is 18.3. The number of hydrogen-bond donors (Lipinski definition) is 1. The number of fused-ring (bicyclic) bond motifs is 1. The molecule has 3 heterocycles.